The smallest absolute Gasteiger partial charge is 0.279 e. The van der Waals surface area contributed by atoms with Crippen molar-refractivity contribution >= 4 is 43.2 Å². The average molecular weight is 491 g/mol. The highest BCUT2D eigenvalue weighted by Gasteiger charge is 2.32. The van der Waals surface area contributed by atoms with E-state index in [-0.39, 0.29) is 41.4 Å². The fourth-order valence-electron chi connectivity index (χ4n) is 3.74. The van der Waals surface area contributed by atoms with Crippen LogP contribution in [0.4, 0.5) is 5.69 Å². The van der Waals surface area contributed by atoms with Gasteiger partial charge >= 0.3 is 0 Å². The predicted octanol–water partition coefficient (Wildman–Crippen LogP) is 2.69. The van der Waals surface area contributed by atoms with Gasteiger partial charge in [-0.1, -0.05) is 11.3 Å². The lowest BCUT2D eigenvalue weighted by Crippen LogP contribution is -2.48. The second kappa shape index (κ2) is 8.78. The summed E-state index contributed by atoms with van der Waals surface area (Å²) in [5.74, 6) is -0.538. The standard InChI is InChI=1S/C21H22N4O6S2/c1-13-11-24(12-14(2)31-13)33(29,30)17-7-4-15(5-8-17)20(26)22-21-23(3)18-9-6-16(25(27)28)10-19(18)32-21/h4-10,13-14H,11-12H2,1-3H3/t13-,14-/m0/s1. The second-order valence-electron chi connectivity index (χ2n) is 7.87. The minimum absolute atomic E-state index is 0.0388. The van der Waals surface area contributed by atoms with Crippen molar-refractivity contribution in [3.8, 4) is 0 Å². The zero-order valence-electron chi connectivity index (χ0n) is 18.2. The first-order chi connectivity index (χ1) is 15.6. The highest BCUT2D eigenvalue weighted by atomic mass is 32.2. The van der Waals surface area contributed by atoms with Crippen molar-refractivity contribution in [2.45, 2.75) is 31.0 Å². The molecule has 1 aliphatic rings. The maximum Gasteiger partial charge on any atom is 0.279 e. The van der Waals surface area contributed by atoms with Gasteiger partial charge in [0.25, 0.3) is 11.6 Å². The Morgan fingerprint density at radius 2 is 1.79 bits per heavy atom. The summed E-state index contributed by atoms with van der Waals surface area (Å²) in [6, 6.07) is 10.1. The average Bonchev–Trinajstić information content (AvgIpc) is 3.07. The second-order valence-corrected chi connectivity index (χ2v) is 10.8. The van der Waals surface area contributed by atoms with Gasteiger partial charge in [0.1, 0.15) is 0 Å². The van der Waals surface area contributed by atoms with Crippen molar-refractivity contribution in [1.82, 2.24) is 8.87 Å². The molecule has 0 saturated carbocycles. The van der Waals surface area contributed by atoms with Crippen molar-refractivity contribution in [3.05, 3.63) is 62.9 Å². The van der Waals surface area contributed by atoms with Crippen LogP contribution < -0.4 is 4.80 Å². The molecule has 0 unspecified atom stereocenters. The molecule has 0 radical (unpaired) electrons. The van der Waals surface area contributed by atoms with Crippen LogP contribution >= 0.6 is 11.3 Å². The van der Waals surface area contributed by atoms with Gasteiger partial charge in [-0.05, 0) is 44.2 Å². The minimum atomic E-state index is -3.71. The summed E-state index contributed by atoms with van der Waals surface area (Å²) in [5.41, 5.74) is 0.914. The number of amides is 1. The van der Waals surface area contributed by atoms with Crippen LogP contribution in [-0.4, -0.2) is 53.4 Å². The number of hydrogen-bond donors (Lipinski definition) is 0. The third kappa shape index (κ3) is 4.60. The van der Waals surface area contributed by atoms with Crippen LogP contribution in [0.3, 0.4) is 0 Å². The molecule has 0 N–H and O–H groups in total. The molecular formula is C21H22N4O6S2. The molecule has 1 fully saturated rings. The number of nitrogens with zero attached hydrogens (tertiary/aromatic N) is 4. The van der Waals surface area contributed by atoms with Gasteiger partial charge in [-0.15, -0.1) is 0 Å². The number of ether oxygens (including phenoxy) is 1. The van der Waals surface area contributed by atoms with Gasteiger partial charge in [-0.3, -0.25) is 14.9 Å². The number of nitro groups is 1. The SMILES string of the molecule is C[C@H]1CN(S(=O)(=O)c2ccc(C(=O)N=c3sc4cc([N+](=O)[O-])ccc4n3C)cc2)C[C@H](C)O1. The third-order valence-corrected chi connectivity index (χ3v) is 8.27. The van der Waals surface area contributed by atoms with E-state index in [4.69, 9.17) is 4.74 Å². The highest BCUT2D eigenvalue weighted by Crippen LogP contribution is 2.23. The summed E-state index contributed by atoms with van der Waals surface area (Å²) >= 11 is 1.16. The van der Waals surface area contributed by atoms with E-state index in [1.54, 1.807) is 17.7 Å². The van der Waals surface area contributed by atoms with Crippen molar-refractivity contribution in [1.29, 1.82) is 0 Å². The highest BCUT2D eigenvalue weighted by molar-refractivity contribution is 7.89. The Hall–Kier alpha value is -2.93. The molecule has 10 nitrogen and oxygen atoms in total. The zero-order chi connectivity index (χ0) is 23.9. The number of carbonyl (C=O) groups excluding carboxylic acids is 1. The summed E-state index contributed by atoms with van der Waals surface area (Å²) in [6.07, 6.45) is -0.404. The molecule has 2 heterocycles. The Morgan fingerprint density at radius 1 is 1.15 bits per heavy atom. The Bertz CT molecular complexity index is 1400. The maximum absolute atomic E-state index is 13.0. The van der Waals surface area contributed by atoms with E-state index in [0.29, 0.717) is 15.0 Å². The van der Waals surface area contributed by atoms with E-state index < -0.39 is 20.9 Å². The van der Waals surface area contributed by atoms with Crippen molar-refractivity contribution < 1.29 is 22.9 Å². The lowest BCUT2D eigenvalue weighted by Gasteiger charge is -2.34. The molecule has 2 aromatic carbocycles. The molecule has 1 saturated heterocycles. The number of aryl methyl sites for hydroxylation is 1. The van der Waals surface area contributed by atoms with Crippen LogP contribution in [0.2, 0.25) is 0 Å². The number of morpholine rings is 1. The van der Waals surface area contributed by atoms with Gasteiger partial charge in [0.05, 0.1) is 32.2 Å². The number of benzene rings is 2. The van der Waals surface area contributed by atoms with Crippen molar-refractivity contribution in [2.75, 3.05) is 13.1 Å². The van der Waals surface area contributed by atoms with Gasteiger partial charge in [-0.2, -0.15) is 9.30 Å². The number of thiazole rings is 1. The number of aromatic nitrogens is 1. The number of sulfonamides is 1. The van der Waals surface area contributed by atoms with Gasteiger partial charge in [0, 0.05) is 37.8 Å². The van der Waals surface area contributed by atoms with Gasteiger partial charge in [0.2, 0.25) is 10.0 Å². The van der Waals surface area contributed by atoms with Crippen molar-refractivity contribution in [3.63, 3.8) is 0 Å². The molecule has 3 aromatic rings. The fourth-order valence-corrected chi connectivity index (χ4v) is 6.38. The van der Waals surface area contributed by atoms with Gasteiger partial charge in [0.15, 0.2) is 4.80 Å². The molecule has 12 heteroatoms. The first-order valence-corrected chi connectivity index (χ1v) is 12.4. The summed E-state index contributed by atoms with van der Waals surface area (Å²) in [4.78, 5) is 27.8. The number of non-ortho nitro benzene ring substituents is 1. The topological polar surface area (TPSA) is 124 Å². The predicted molar refractivity (Wildman–Crippen MR) is 123 cm³/mol. The number of rotatable bonds is 4. The lowest BCUT2D eigenvalue weighted by atomic mass is 10.2. The summed E-state index contributed by atoms with van der Waals surface area (Å²) < 4.78 is 35.3. The molecule has 174 valence electrons. The molecule has 1 amide bonds. The zero-order valence-corrected chi connectivity index (χ0v) is 19.8. The number of fused-ring (bicyclic) bond motifs is 1. The molecule has 0 spiro atoms. The minimum Gasteiger partial charge on any atom is -0.373 e. The lowest BCUT2D eigenvalue weighted by molar-refractivity contribution is -0.384. The van der Waals surface area contributed by atoms with E-state index in [9.17, 15) is 23.3 Å². The van der Waals surface area contributed by atoms with Crippen LogP contribution in [0.5, 0.6) is 0 Å². The monoisotopic (exact) mass is 490 g/mol. The van der Waals surface area contributed by atoms with Crippen molar-refractivity contribution in [2.24, 2.45) is 12.0 Å². The first kappa shape index (κ1) is 23.2. The largest absolute Gasteiger partial charge is 0.373 e. The van der Waals surface area contributed by atoms with Gasteiger partial charge in [-0.25, -0.2) is 8.42 Å². The third-order valence-electron chi connectivity index (χ3n) is 5.33. The molecule has 1 aliphatic heterocycles. The first-order valence-electron chi connectivity index (χ1n) is 10.1. The maximum atomic E-state index is 13.0. The number of hydrogen-bond acceptors (Lipinski definition) is 7. The molecule has 2 atom stereocenters. The molecule has 4 rings (SSSR count). The Kier molecular flexibility index (Phi) is 6.18. The van der Waals surface area contributed by atoms with Crippen LogP contribution in [0.15, 0.2) is 52.4 Å². The summed E-state index contributed by atoms with van der Waals surface area (Å²) in [7, 11) is -1.99. The van der Waals surface area contributed by atoms with Crippen LogP contribution in [0.1, 0.15) is 24.2 Å². The van der Waals surface area contributed by atoms with E-state index in [0.717, 1.165) is 11.3 Å². The van der Waals surface area contributed by atoms with Gasteiger partial charge < -0.3 is 9.30 Å². The molecule has 33 heavy (non-hydrogen) atoms. The van der Waals surface area contributed by atoms with Crippen LogP contribution in [-0.2, 0) is 21.8 Å². The Morgan fingerprint density at radius 3 is 2.39 bits per heavy atom. The molecule has 0 bridgehead atoms. The van der Waals surface area contributed by atoms with E-state index >= 15 is 0 Å². The quantitative estimate of drug-likeness (QED) is 0.409. The number of nitro benzene ring substituents is 1. The Labute approximate surface area is 193 Å². The normalized spacial score (nSPS) is 20.3. The molecular weight excluding hydrogens is 468 g/mol. The van der Waals surface area contributed by atoms with E-state index in [2.05, 4.69) is 4.99 Å². The summed E-state index contributed by atoms with van der Waals surface area (Å²) in [5, 5.41) is 11.0. The molecule has 0 aliphatic carbocycles. The van der Waals surface area contributed by atoms with Crippen LogP contribution in [0.25, 0.3) is 10.2 Å². The number of carbonyl (C=O) groups is 1. The molecule has 1 aromatic heterocycles. The van der Waals surface area contributed by atoms with Crippen LogP contribution in [0, 0.1) is 10.1 Å². The van der Waals surface area contributed by atoms with E-state index in [1.165, 1.54) is 40.7 Å². The summed E-state index contributed by atoms with van der Waals surface area (Å²) in [6.45, 7) is 4.19. The fraction of sp³-hybridized carbons (Fsp3) is 0.333. The Balaban J connectivity index is 1.61. The van der Waals surface area contributed by atoms with E-state index in [1.807, 2.05) is 13.8 Å².